The van der Waals surface area contributed by atoms with Crippen LogP contribution in [0.5, 0.6) is 0 Å². The molecule has 13 atom stereocenters. The van der Waals surface area contributed by atoms with E-state index in [1.807, 2.05) is 6.92 Å². The third kappa shape index (κ3) is 13.9. The van der Waals surface area contributed by atoms with Crippen molar-refractivity contribution in [3.05, 3.63) is 0 Å². The number of aliphatic hydroxyl groups is 10. The molecular weight excluding hydrogens is 764 g/mol. The molecule has 2 bridgehead atoms. The number of likely N-dealkylation sites (tertiary alicyclic amines) is 1. The molecule has 1 saturated heterocycles. The van der Waals surface area contributed by atoms with E-state index >= 15 is 0 Å². The SMILES string of the molecule is C[C@@H]1CC2CC(OCCOCCN(C[C@H](O)[C@@H](O)[C@H](O)[C@H](O)CO)C[C@H](O)[C@@H](O)[C@H](O)[C@H](O)CO)(C1)CC(C)(N(CC(=O)N1CCC[C@H]1C#N)C(=O)OC(C)(C)C)C2. The number of hydrogen-bond donors (Lipinski definition) is 10. The van der Waals surface area contributed by atoms with Crippen molar-refractivity contribution >= 4 is 12.0 Å². The molecule has 3 rings (SSSR count). The van der Waals surface area contributed by atoms with Gasteiger partial charge in [-0.15, -0.1) is 0 Å². The minimum Gasteiger partial charge on any atom is -0.444 e. The molecular formula is C39H70N4O15. The lowest BCUT2D eigenvalue weighted by Gasteiger charge is -2.56. The quantitative estimate of drug-likeness (QED) is 0.0512. The van der Waals surface area contributed by atoms with E-state index in [0.717, 1.165) is 12.8 Å². The summed E-state index contributed by atoms with van der Waals surface area (Å²) >= 11 is 0. The molecule has 1 heterocycles. The van der Waals surface area contributed by atoms with Gasteiger partial charge >= 0.3 is 6.09 Å². The van der Waals surface area contributed by atoms with E-state index in [1.165, 1.54) is 9.80 Å². The van der Waals surface area contributed by atoms with Crippen molar-refractivity contribution in [1.29, 1.82) is 5.26 Å². The van der Waals surface area contributed by atoms with Crippen LogP contribution >= 0.6 is 0 Å². The first kappa shape index (κ1) is 50.1. The van der Waals surface area contributed by atoms with Crippen LogP contribution in [0.25, 0.3) is 0 Å². The summed E-state index contributed by atoms with van der Waals surface area (Å²) in [4.78, 5) is 32.0. The second kappa shape index (κ2) is 22.0. The molecule has 0 radical (unpaired) electrons. The molecule has 2 aliphatic carbocycles. The fourth-order valence-electron chi connectivity index (χ4n) is 9.00. The molecule has 3 fully saturated rings. The van der Waals surface area contributed by atoms with Crippen molar-refractivity contribution in [3.8, 4) is 6.07 Å². The molecule has 336 valence electrons. The Morgan fingerprint density at radius 1 is 0.862 bits per heavy atom. The Bertz CT molecular complexity index is 1300. The van der Waals surface area contributed by atoms with Crippen LogP contribution in [-0.2, 0) is 19.0 Å². The predicted molar refractivity (Wildman–Crippen MR) is 206 cm³/mol. The third-order valence-electron chi connectivity index (χ3n) is 11.6. The summed E-state index contributed by atoms with van der Waals surface area (Å²) < 4.78 is 18.4. The molecule has 0 aromatic heterocycles. The Morgan fingerprint density at radius 3 is 1.97 bits per heavy atom. The number of hydrogen-bond acceptors (Lipinski definition) is 17. The van der Waals surface area contributed by atoms with Crippen molar-refractivity contribution in [2.24, 2.45) is 11.8 Å². The van der Waals surface area contributed by atoms with Crippen LogP contribution in [0.3, 0.4) is 0 Å². The average molecular weight is 835 g/mol. The van der Waals surface area contributed by atoms with Crippen LogP contribution in [0.15, 0.2) is 0 Å². The maximum atomic E-state index is 13.9. The molecule has 0 spiro atoms. The van der Waals surface area contributed by atoms with E-state index in [9.17, 15) is 55.7 Å². The van der Waals surface area contributed by atoms with Gasteiger partial charge < -0.3 is 70.2 Å². The summed E-state index contributed by atoms with van der Waals surface area (Å²) in [5.74, 6) is 0.209. The van der Waals surface area contributed by atoms with Gasteiger partial charge in [0.05, 0.1) is 56.9 Å². The maximum Gasteiger partial charge on any atom is 0.411 e. The fourth-order valence-corrected chi connectivity index (χ4v) is 9.00. The Balaban J connectivity index is 1.70. The second-order valence-electron chi connectivity index (χ2n) is 17.9. The summed E-state index contributed by atoms with van der Waals surface area (Å²) in [7, 11) is 0. The lowest BCUT2D eigenvalue weighted by Crippen LogP contribution is -2.63. The lowest BCUT2D eigenvalue weighted by atomic mass is 9.59. The third-order valence-corrected chi connectivity index (χ3v) is 11.6. The molecule has 1 aliphatic heterocycles. The number of aliphatic hydroxyl groups excluding tert-OH is 10. The summed E-state index contributed by atoms with van der Waals surface area (Å²) in [5, 5.41) is 110. The van der Waals surface area contributed by atoms with Crippen molar-refractivity contribution < 1.29 is 74.9 Å². The van der Waals surface area contributed by atoms with E-state index in [2.05, 4.69) is 13.0 Å². The zero-order chi connectivity index (χ0) is 43.6. The van der Waals surface area contributed by atoms with Crippen molar-refractivity contribution in [2.45, 2.75) is 151 Å². The molecule has 58 heavy (non-hydrogen) atoms. The normalized spacial score (nSPS) is 29.2. The van der Waals surface area contributed by atoms with Crippen LogP contribution < -0.4 is 0 Å². The van der Waals surface area contributed by atoms with Gasteiger partial charge in [0, 0.05) is 31.7 Å². The number of rotatable bonds is 22. The monoisotopic (exact) mass is 834 g/mol. The Hall–Kier alpha value is -2.29. The minimum atomic E-state index is -1.91. The number of ether oxygens (including phenoxy) is 3. The van der Waals surface area contributed by atoms with Crippen LogP contribution in [-0.4, -0.2) is 215 Å². The van der Waals surface area contributed by atoms with Crippen LogP contribution in [0.1, 0.15) is 79.6 Å². The summed E-state index contributed by atoms with van der Waals surface area (Å²) in [6.45, 7) is 7.23. The molecule has 2 saturated carbocycles. The first-order chi connectivity index (χ1) is 27.1. The van der Waals surface area contributed by atoms with Crippen LogP contribution in [0.4, 0.5) is 4.79 Å². The van der Waals surface area contributed by atoms with E-state index in [-0.39, 0.29) is 44.7 Å². The number of nitrogens with zero attached hydrogens (tertiary/aromatic N) is 4. The number of amides is 2. The summed E-state index contributed by atoms with van der Waals surface area (Å²) in [5.41, 5.74) is -2.29. The minimum absolute atomic E-state index is 0.0168. The van der Waals surface area contributed by atoms with Gasteiger partial charge in [0.2, 0.25) is 5.91 Å². The van der Waals surface area contributed by atoms with Gasteiger partial charge in [0.15, 0.2) is 0 Å². The van der Waals surface area contributed by atoms with Gasteiger partial charge in [0.25, 0.3) is 0 Å². The molecule has 19 heteroatoms. The zero-order valence-corrected chi connectivity index (χ0v) is 34.7. The Labute approximate surface area is 341 Å². The lowest BCUT2D eigenvalue weighted by molar-refractivity contribution is -0.165. The van der Waals surface area contributed by atoms with E-state index in [4.69, 9.17) is 24.4 Å². The number of fused-ring (bicyclic) bond motifs is 2. The molecule has 0 aromatic carbocycles. The topological polar surface area (TPSA) is 298 Å². The average Bonchev–Trinajstić information content (AvgIpc) is 3.64. The predicted octanol–water partition coefficient (Wildman–Crippen LogP) is -2.33. The van der Waals surface area contributed by atoms with E-state index in [1.54, 1.807) is 25.7 Å². The smallest absolute Gasteiger partial charge is 0.411 e. The van der Waals surface area contributed by atoms with Gasteiger partial charge in [-0.25, -0.2) is 4.79 Å². The largest absolute Gasteiger partial charge is 0.444 e. The van der Waals surface area contributed by atoms with Crippen molar-refractivity contribution in [3.63, 3.8) is 0 Å². The highest BCUT2D eigenvalue weighted by atomic mass is 16.6. The summed E-state index contributed by atoms with van der Waals surface area (Å²) in [6, 6.07) is 1.66. The Kier molecular flexibility index (Phi) is 19.0. The van der Waals surface area contributed by atoms with Gasteiger partial charge in [-0.05, 0) is 84.5 Å². The van der Waals surface area contributed by atoms with Crippen LogP contribution in [0, 0.1) is 23.2 Å². The van der Waals surface area contributed by atoms with Crippen molar-refractivity contribution in [1.82, 2.24) is 14.7 Å². The standard InChI is InChI=1S/C39H70N4O15/c1-24-13-25-15-38(5,43(36(55)58-37(2,3)4)20-31(50)42-8-6-7-26(42)17-40)23-39(14-24,16-25)57-12-11-56-10-9-41(18-27(46)32(51)34(53)29(48)21-44)19-28(47)33(52)35(54)30(49)22-45/h24-30,32-35,44-49,51-54H,6-16,18-23H2,1-5H3/t24-,25?,26+,27+,28+,29-,30-,32-,33-,34-,35-,38?,39?/m1/s1. The highest BCUT2D eigenvalue weighted by molar-refractivity contribution is 5.83. The zero-order valence-electron chi connectivity index (χ0n) is 34.7. The molecule has 3 aliphatic rings. The molecule has 3 unspecified atom stereocenters. The molecule has 19 nitrogen and oxygen atoms in total. The first-order valence-electron chi connectivity index (χ1n) is 20.4. The molecule has 10 N–H and O–H groups in total. The van der Waals surface area contributed by atoms with Gasteiger partial charge in [-0.3, -0.25) is 14.6 Å². The maximum absolute atomic E-state index is 13.9. The number of nitriles is 1. The Morgan fingerprint density at radius 2 is 1.43 bits per heavy atom. The van der Waals surface area contributed by atoms with Gasteiger partial charge in [-0.1, -0.05) is 6.92 Å². The van der Waals surface area contributed by atoms with Gasteiger partial charge in [-0.2, -0.15) is 5.26 Å². The number of carbonyl (C=O) groups is 2. The fraction of sp³-hybridized carbons (Fsp3) is 0.923. The van der Waals surface area contributed by atoms with E-state index < -0.39 is 104 Å². The summed E-state index contributed by atoms with van der Waals surface area (Å²) in [6.07, 6.45) is -10.4. The highest BCUT2D eigenvalue weighted by Gasteiger charge is 2.54. The van der Waals surface area contributed by atoms with Crippen LogP contribution in [0.2, 0.25) is 0 Å². The van der Waals surface area contributed by atoms with Crippen molar-refractivity contribution in [2.75, 3.05) is 65.8 Å². The second-order valence-corrected chi connectivity index (χ2v) is 17.9. The highest BCUT2D eigenvalue weighted by Crippen LogP contribution is 2.52. The van der Waals surface area contributed by atoms with E-state index in [0.29, 0.717) is 44.6 Å². The number of carbonyl (C=O) groups excluding carboxylic acids is 2. The van der Waals surface area contributed by atoms with Gasteiger partial charge in [0.1, 0.15) is 54.8 Å². The molecule has 2 amide bonds. The first-order valence-corrected chi connectivity index (χ1v) is 20.4. The molecule has 0 aromatic rings.